The second kappa shape index (κ2) is 48.3. The molecular formula is C67H111NO18. The molecule has 0 radical (unpaired) electrons. The van der Waals surface area contributed by atoms with Gasteiger partial charge in [-0.05, 0) is 83.5 Å². The van der Waals surface area contributed by atoms with E-state index in [0.29, 0.717) is 19.3 Å². The molecule has 3 aliphatic heterocycles. The lowest BCUT2D eigenvalue weighted by Gasteiger charge is -2.48. The zero-order valence-electron chi connectivity index (χ0n) is 51.5. The molecule has 0 aromatic heterocycles. The smallest absolute Gasteiger partial charge is 0.220 e. The number of amides is 1. The zero-order chi connectivity index (χ0) is 62.6. The quantitative estimate of drug-likeness (QED) is 0.0214. The van der Waals surface area contributed by atoms with Gasteiger partial charge in [0.1, 0.15) is 73.2 Å². The Bertz CT molecular complexity index is 1990. The summed E-state index contributed by atoms with van der Waals surface area (Å²) < 4.78 is 34.2. The average Bonchev–Trinajstić information content (AvgIpc) is 2.80. The first kappa shape index (κ1) is 76.7. The Labute approximate surface area is 513 Å². The summed E-state index contributed by atoms with van der Waals surface area (Å²) in [5.41, 5.74) is 0. The van der Waals surface area contributed by atoms with Crippen LogP contribution in [0.4, 0.5) is 0 Å². The lowest BCUT2D eigenvalue weighted by molar-refractivity contribution is -0.379. The van der Waals surface area contributed by atoms with E-state index < -0.39 is 131 Å². The minimum absolute atomic E-state index is 0.100. The molecule has 3 heterocycles. The molecule has 3 rings (SSSR count). The van der Waals surface area contributed by atoms with Crippen molar-refractivity contribution >= 4 is 5.91 Å². The topological polar surface area (TPSA) is 307 Å². The Morgan fingerprint density at radius 3 is 1.29 bits per heavy atom. The highest BCUT2D eigenvalue weighted by Gasteiger charge is 2.53. The highest BCUT2D eigenvalue weighted by molar-refractivity contribution is 5.76. The van der Waals surface area contributed by atoms with Crippen LogP contribution in [0.5, 0.6) is 0 Å². The third kappa shape index (κ3) is 30.8. The van der Waals surface area contributed by atoms with Gasteiger partial charge < -0.3 is 89.9 Å². The molecule has 492 valence electrons. The van der Waals surface area contributed by atoms with E-state index in [1.54, 1.807) is 6.08 Å². The van der Waals surface area contributed by atoms with Crippen LogP contribution in [-0.4, -0.2) is 193 Å². The molecule has 1 amide bonds. The first-order chi connectivity index (χ1) is 41.8. The molecule has 19 heteroatoms. The van der Waals surface area contributed by atoms with Crippen molar-refractivity contribution in [2.24, 2.45) is 0 Å². The van der Waals surface area contributed by atoms with Gasteiger partial charge in [0.2, 0.25) is 5.91 Å². The molecule has 0 saturated carbocycles. The summed E-state index contributed by atoms with van der Waals surface area (Å²) in [6, 6.07) is -1.04. The summed E-state index contributed by atoms with van der Waals surface area (Å²) in [5, 5.41) is 120. The third-order valence-corrected chi connectivity index (χ3v) is 15.3. The van der Waals surface area contributed by atoms with E-state index in [0.717, 1.165) is 57.8 Å². The predicted octanol–water partition coefficient (Wildman–Crippen LogP) is 7.10. The van der Waals surface area contributed by atoms with Crippen LogP contribution in [-0.2, 0) is 33.2 Å². The summed E-state index contributed by atoms with van der Waals surface area (Å²) in [7, 11) is 0. The lowest BCUT2D eigenvalue weighted by Crippen LogP contribution is -2.66. The SMILES string of the molecule is CC/C=C\C/C=C\C/C=C\C/C=C\C/C=C\C/C=C\CCC(=O)NC(COC1OC(CO)C(OC2OC(CO)C(OC3OC(CO)C(O)C(O)C3O)C(O)C2O)C(O)C1O)C(O)/C=C/CC/C=C/CC/C=C/CCCCCCCCCCCCCC. The Morgan fingerprint density at radius 2 is 0.814 bits per heavy atom. The second-order valence-corrected chi connectivity index (χ2v) is 22.5. The summed E-state index contributed by atoms with van der Waals surface area (Å²) in [6.45, 7) is 1.51. The minimum Gasteiger partial charge on any atom is -0.394 e. The van der Waals surface area contributed by atoms with Crippen LogP contribution in [0.1, 0.15) is 174 Å². The Morgan fingerprint density at radius 1 is 0.430 bits per heavy atom. The van der Waals surface area contributed by atoms with Crippen LogP contribution in [0, 0.1) is 0 Å². The molecular weight excluding hydrogens is 1110 g/mol. The summed E-state index contributed by atoms with van der Waals surface area (Å²) >= 11 is 0. The summed E-state index contributed by atoms with van der Waals surface area (Å²) in [6.07, 6.45) is 36.5. The van der Waals surface area contributed by atoms with Gasteiger partial charge in [-0.25, -0.2) is 0 Å². The van der Waals surface area contributed by atoms with Crippen molar-refractivity contribution in [2.75, 3.05) is 26.4 Å². The van der Waals surface area contributed by atoms with Crippen molar-refractivity contribution in [2.45, 2.75) is 279 Å². The maximum atomic E-state index is 13.3. The minimum atomic E-state index is -1.99. The number of unbranched alkanes of at least 4 members (excludes halogenated alkanes) is 14. The first-order valence-electron chi connectivity index (χ1n) is 32.1. The number of rotatable bonds is 46. The molecule has 17 unspecified atom stereocenters. The highest BCUT2D eigenvalue weighted by Crippen LogP contribution is 2.33. The second-order valence-electron chi connectivity index (χ2n) is 22.5. The van der Waals surface area contributed by atoms with Crippen molar-refractivity contribution < 1.29 is 89.4 Å². The van der Waals surface area contributed by atoms with Crippen molar-refractivity contribution in [3.05, 3.63) is 109 Å². The molecule has 0 spiro atoms. The number of ether oxygens (including phenoxy) is 6. The number of hydrogen-bond acceptors (Lipinski definition) is 18. The summed E-state index contributed by atoms with van der Waals surface area (Å²) in [5.74, 6) is -0.376. The van der Waals surface area contributed by atoms with Crippen molar-refractivity contribution in [3.63, 3.8) is 0 Å². The predicted molar refractivity (Wildman–Crippen MR) is 332 cm³/mol. The first-order valence-corrected chi connectivity index (χ1v) is 32.1. The van der Waals surface area contributed by atoms with Crippen LogP contribution >= 0.6 is 0 Å². The fourth-order valence-corrected chi connectivity index (χ4v) is 10.1. The molecule has 0 aromatic carbocycles. The number of carbonyl (C=O) groups is 1. The Hall–Kier alpha value is -3.55. The maximum absolute atomic E-state index is 13.3. The normalized spacial score (nSPS) is 29.5. The number of hydrogen-bond donors (Lipinski definition) is 12. The number of carbonyl (C=O) groups excluding carboxylic acids is 1. The molecule has 19 nitrogen and oxygen atoms in total. The molecule has 3 aliphatic rings. The average molecular weight is 1220 g/mol. The van der Waals surface area contributed by atoms with Crippen LogP contribution in [0.15, 0.2) is 109 Å². The van der Waals surface area contributed by atoms with Crippen molar-refractivity contribution in [3.8, 4) is 0 Å². The number of allylic oxidation sites excluding steroid dienone is 17. The molecule has 17 atom stereocenters. The van der Waals surface area contributed by atoms with Crippen molar-refractivity contribution in [1.29, 1.82) is 0 Å². The van der Waals surface area contributed by atoms with E-state index in [9.17, 15) is 61.0 Å². The molecule has 0 bridgehead atoms. The van der Waals surface area contributed by atoms with Gasteiger partial charge in [0, 0.05) is 6.42 Å². The fourth-order valence-electron chi connectivity index (χ4n) is 10.1. The monoisotopic (exact) mass is 1220 g/mol. The third-order valence-electron chi connectivity index (χ3n) is 15.3. The van der Waals surface area contributed by atoms with Crippen molar-refractivity contribution in [1.82, 2.24) is 5.32 Å². The van der Waals surface area contributed by atoms with Gasteiger partial charge in [0.15, 0.2) is 18.9 Å². The molecule has 0 aromatic rings. The van der Waals surface area contributed by atoms with E-state index in [1.807, 2.05) is 18.2 Å². The van der Waals surface area contributed by atoms with E-state index in [-0.39, 0.29) is 12.3 Å². The standard InChI is InChI=1S/C67H111NO18/c1-3-5-7-9-11-13-15-17-19-21-23-24-25-27-28-30-32-34-36-38-40-42-44-51(72)50(68-55(73)45-43-41-39-37-35-33-31-29-26-22-20-18-16-14-12-10-8-6-4-2)49-81-65-61(79)58(76)63(53(47-70)83-65)86-67-62(80)59(77)64(54(48-71)84-67)85-66-60(78)57(75)56(74)52(46-69)82-66/h6,8,12,14,18,20,26-29,33-36,39,41-42,44,50-54,56-67,69-72,74-80H,3-5,7,9-11,13,15-17,19,21-25,30-32,37-38,40,43,45-49H2,1-2H3,(H,68,73)/b8-6-,14-12-,20-18-,28-27+,29-26-,35-33-,36-34+,41-39-,44-42+. The lowest BCUT2D eigenvalue weighted by atomic mass is 9.96. The van der Waals surface area contributed by atoms with Crippen LogP contribution in [0.2, 0.25) is 0 Å². The Kier molecular flexibility index (Phi) is 43.1. The van der Waals surface area contributed by atoms with Crippen LogP contribution in [0.3, 0.4) is 0 Å². The van der Waals surface area contributed by atoms with E-state index in [4.69, 9.17) is 28.4 Å². The summed E-state index contributed by atoms with van der Waals surface area (Å²) in [4.78, 5) is 13.3. The number of nitrogens with one attached hydrogen (secondary N) is 1. The molecule has 3 saturated heterocycles. The molecule has 3 fully saturated rings. The van der Waals surface area contributed by atoms with E-state index >= 15 is 0 Å². The van der Waals surface area contributed by atoms with E-state index in [1.165, 1.54) is 77.0 Å². The largest absolute Gasteiger partial charge is 0.394 e. The van der Waals surface area contributed by atoms with Gasteiger partial charge in [-0.15, -0.1) is 0 Å². The van der Waals surface area contributed by atoms with Gasteiger partial charge >= 0.3 is 0 Å². The van der Waals surface area contributed by atoms with Gasteiger partial charge in [-0.1, -0.05) is 194 Å². The van der Waals surface area contributed by atoms with Gasteiger partial charge in [-0.3, -0.25) is 4.79 Å². The fraction of sp³-hybridized carbons (Fsp3) is 0.716. The molecule has 86 heavy (non-hydrogen) atoms. The Balaban J connectivity index is 1.53. The van der Waals surface area contributed by atoms with Gasteiger partial charge in [0.05, 0.1) is 38.6 Å². The van der Waals surface area contributed by atoms with Gasteiger partial charge in [0.25, 0.3) is 0 Å². The van der Waals surface area contributed by atoms with E-state index in [2.05, 4.69) is 104 Å². The van der Waals surface area contributed by atoms with Crippen LogP contribution in [0.25, 0.3) is 0 Å². The van der Waals surface area contributed by atoms with Gasteiger partial charge in [-0.2, -0.15) is 0 Å². The number of aliphatic hydroxyl groups excluding tert-OH is 11. The zero-order valence-corrected chi connectivity index (χ0v) is 51.5. The number of aliphatic hydroxyl groups is 11. The highest BCUT2D eigenvalue weighted by atomic mass is 16.8. The molecule has 0 aliphatic carbocycles. The maximum Gasteiger partial charge on any atom is 0.220 e. The molecule has 12 N–H and O–H groups in total. The van der Waals surface area contributed by atoms with Crippen LogP contribution < -0.4 is 5.32 Å².